The fraction of sp³-hybridized carbons (Fsp3) is 0.538. The lowest BCUT2D eigenvalue weighted by atomic mass is 9.77. The van der Waals surface area contributed by atoms with Crippen molar-refractivity contribution < 1.29 is 9.59 Å². The highest BCUT2D eigenvalue weighted by atomic mass is 16.2. The molecule has 6 nitrogen and oxygen atoms in total. The molecule has 2 aliphatic rings. The number of piperidine rings is 1. The van der Waals surface area contributed by atoms with E-state index in [1.54, 1.807) is 11.1 Å². The fourth-order valence-corrected chi connectivity index (χ4v) is 2.90. The SMILES string of the molecule is O=C(c1cnccn1)N1CCC2(CCNC2=O)CC1. The second kappa shape index (κ2) is 4.60. The Morgan fingerprint density at radius 2 is 2.05 bits per heavy atom. The molecule has 1 N–H and O–H groups in total. The van der Waals surface area contributed by atoms with Crippen LogP contribution in [0.4, 0.5) is 0 Å². The Hall–Kier alpha value is -1.98. The third-order valence-corrected chi connectivity index (χ3v) is 4.16. The van der Waals surface area contributed by atoms with Gasteiger partial charge in [0, 0.05) is 32.0 Å². The van der Waals surface area contributed by atoms with Crippen molar-refractivity contribution in [3.05, 3.63) is 24.3 Å². The zero-order valence-electron chi connectivity index (χ0n) is 10.6. The van der Waals surface area contributed by atoms with Gasteiger partial charge in [-0.25, -0.2) is 4.98 Å². The van der Waals surface area contributed by atoms with Crippen LogP contribution in [0.2, 0.25) is 0 Å². The van der Waals surface area contributed by atoms with Crippen LogP contribution in [0.25, 0.3) is 0 Å². The van der Waals surface area contributed by atoms with E-state index in [-0.39, 0.29) is 17.2 Å². The minimum atomic E-state index is -0.237. The summed E-state index contributed by atoms with van der Waals surface area (Å²) in [6.45, 7) is 1.99. The topological polar surface area (TPSA) is 75.2 Å². The molecule has 3 heterocycles. The maximum absolute atomic E-state index is 12.2. The number of nitrogens with zero attached hydrogens (tertiary/aromatic N) is 3. The van der Waals surface area contributed by atoms with Gasteiger partial charge in [0.1, 0.15) is 5.69 Å². The molecule has 0 saturated carbocycles. The van der Waals surface area contributed by atoms with E-state index < -0.39 is 0 Å². The predicted octanol–water partition coefficient (Wildman–Crippen LogP) is 0.219. The van der Waals surface area contributed by atoms with E-state index in [0.717, 1.165) is 25.8 Å². The highest BCUT2D eigenvalue weighted by molar-refractivity contribution is 5.92. The lowest BCUT2D eigenvalue weighted by Gasteiger charge is -2.37. The minimum absolute atomic E-state index is 0.0960. The van der Waals surface area contributed by atoms with Crippen molar-refractivity contribution in [2.45, 2.75) is 19.3 Å². The van der Waals surface area contributed by atoms with E-state index in [9.17, 15) is 9.59 Å². The van der Waals surface area contributed by atoms with Gasteiger partial charge in [0.15, 0.2) is 0 Å². The summed E-state index contributed by atoms with van der Waals surface area (Å²) >= 11 is 0. The Bertz CT molecular complexity index is 495. The molecule has 0 radical (unpaired) electrons. The quantitative estimate of drug-likeness (QED) is 0.783. The summed E-state index contributed by atoms with van der Waals surface area (Å²) in [5.74, 6) is 0.0560. The molecular formula is C13H16N4O2. The number of rotatable bonds is 1. The molecule has 1 aromatic heterocycles. The van der Waals surface area contributed by atoms with Gasteiger partial charge in [0.25, 0.3) is 5.91 Å². The number of carbonyl (C=O) groups excluding carboxylic acids is 2. The van der Waals surface area contributed by atoms with Crippen LogP contribution in [-0.2, 0) is 4.79 Å². The molecule has 1 spiro atoms. The highest BCUT2D eigenvalue weighted by Crippen LogP contribution is 2.38. The van der Waals surface area contributed by atoms with E-state index in [1.165, 1.54) is 12.4 Å². The zero-order valence-corrected chi connectivity index (χ0v) is 10.6. The summed E-state index contributed by atoms with van der Waals surface area (Å²) < 4.78 is 0. The van der Waals surface area contributed by atoms with Gasteiger partial charge in [0.05, 0.1) is 11.6 Å². The van der Waals surface area contributed by atoms with Crippen molar-refractivity contribution in [2.24, 2.45) is 5.41 Å². The highest BCUT2D eigenvalue weighted by Gasteiger charge is 2.45. The molecule has 2 amide bonds. The van der Waals surface area contributed by atoms with Crippen LogP contribution >= 0.6 is 0 Å². The molecule has 0 unspecified atom stereocenters. The average molecular weight is 260 g/mol. The third-order valence-electron chi connectivity index (χ3n) is 4.16. The van der Waals surface area contributed by atoms with Crippen LogP contribution in [0.3, 0.4) is 0 Å². The number of amides is 2. The first kappa shape index (κ1) is 12.1. The molecule has 0 aromatic carbocycles. The van der Waals surface area contributed by atoms with E-state index >= 15 is 0 Å². The first-order valence-corrected chi connectivity index (χ1v) is 6.55. The van der Waals surface area contributed by atoms with E-state index in [1.807, 2.05) is 0 Å². The van der Waals surface area contributed by atoms with Crippen molar-refractivity contribution in [1.29, 1.82) is 0 Å². The average Bonchev–Trinajstić information content (AvgIpc) is 2.81. The molecule has 1 aromatic rings. The molecule has 6 heteroatoms. The van der Waals surface area contributed by atoms with Crippen LogP contribution < -0.4 is 5.32 Å². The molecule has 2 saturated heterocycles. The summed E-state index contributed by atoms with van der Waals surface area (Å²) in [5, 5.41) is 2.89. The molecule has 0 atom stereocenters. The number of nitrogens with one attached hydrogen (secondary N) is 1. The van der Waals surface area contributed by atoms with Crippen LogP contribution in [0.5, 0.6) is 0 Å². The Morgan fingerprint density at radius 3 is 2.63 bits per heavy atom. The third kappa shape index (κ3) is 2.07. The van der Waals surface area contributed by atoms with Gasteiger partial charge in [-0.1, -0.05) is 0 Å². The van der Waals surface area contributed by atoms with Crippen molar-refractivity contribution >= 4 is 11.8 Å². The summed E-state index contributed by atoms with van der Waals surface area (Å²) in [7, 11) is 0. The molecule has 19 heavy (non-hydrogen) atoms. The maximum atomic E-state index is 12.2. The Labute approximate surface area is 111 Å². The van der Waals surface area contributed by atoms with Gasteiger partial charge in [-0.05, 0) is 19.3 Å². The van der Waals surface area contributed by atoms with Crippen molar-refractivity contribution in [3.63, 3.8) is 0 Å². The Kier molecular flexibility index (Phi) is 2.93. The van der Waals surface area contributed by atoms with Gasteiger partial charge >= 0.3 is 0 Å². The molecular weight excluding hydrogens is 244 g/mol. The maximum Gasteiger partial charge on any atom is 0.274 e. The zero-order chi connectivity index (χ0) is 13.3. The molecule has 100 valence electrons. The van der Waals surface area contributed by atoms with Crippen LogP contribution in [0.15, 0.2) is 18.6 Å². The summed E-state index contributed by atoms with van der Waals surface area (Å²) in [5.41, 5.74) is 0.133. The van der Waals surface area contributed by atoms with Gasteiger partial charge in [0.2, 0.25) is 5.91 Å². The smallest absolute Gasteiger partial charge is 0.274 e. The standard InChI is InChI=1S/C13H16N4O2/c18-11(10-9-14-5-6-15-10)17-7-2-13(3-8-17)1-4-16-12(13)19/h5-6,9H,1-4,7-8H2,(H,16,19). The molecule has 0 aliphatic carbocycles. The van der Waals surface area contributed by atoms with E-state index in [2.05, 4.69) is 15.3 Å². The predicted molar refractivity (Wildman–Crippen MR) is 67.2 cm³/mol. The Morgan fingerprint density at radius 1 is 1.26 bits per heavy atom. The van der Waals surface area contributed by atoms with Gasteiger partial charge in [-0.2, -0.15) is 0 Å². The summed E-state index contributed by atoms with van der Waals surface area (Å²) in [4.78, 5) is 33.8. The van der Waals surface area contributed by atoms with Gasteiger partial charge < -0.3 is 10.2 Å². The number of aromatic nitrogens is 2. The van der Waals surface area contributed by atoms with Crippen LogP contribution in [0.1, 0.15) is 29.8 Å². The normalized spacial score (nSPS) is 21.5. The number of hydrogen-bond acceptors (Lipinski definition) is 4. The summed E-state index contributed by atoms with van der Waals surface area (Å²) in [6.07, 6.45) is 6.91. The van der Waals surface area contributed by atoms with Crippen LogP contribution in [0, 0.1) is 5.41 Å². The van der Waals surface area contributed by atoms with Crippen molar-refractivity contribution in [2.75, 3.05) is 19.6 Å². The molecule has 2 aliphatic heterocycles. The molecule has 2 fully saturated rings. The minimum Gasteiger partial charge on any atom is -0.356 e. The Balaban J connectivity index is 1.68. The fourth-order valence-electron chi connectivity index (χ4n) is 2.90. The summed E-state index contributed by atoms with van der Waals surface area (Å²) in [6, 6.07) is 0. The lowest BCUT2D eigenvalue weighted by Crippen LogP contribution is -2.46. The first-order chi connectivity index (χ1) is 9.21. The van der Waals surface area contributed by atoms with Gasteiger partial charge in [-0.15, -0.1) is 0 Å². The second-order valence-electron chi connectivity index (χ2n) is 5.17. The monoisotopic (exact) mass is 260 g/mol. The van der Waals surface area contributed by atoms with Crippen molar-refractivity contribution in [3.8, 4) is 0 Å². The number of carbonyl (C=O) groups is 2. The van der Waals surface area contributed by atoms with E-state index in [0.29, 0.717) is 18.8 Å². The molecule has 0 bridgehead atoms. The number of likely N-dealkylation sites (tertiary alicyclic amines) is 1. The van der Waals surface area contributed by atoms with Gasteiger partial charge in [-0.3, -0.25) is 14.6 Å². The lowest BCUT2D eigenvalue weighted by molar-refractivity contribution is -0.129. The van der Waals surface area contributed by atoms with E-state index in [4.69, 9.17) is 0 Å². The molecule has 3 rings (SSSR count). The number of hydrogen-bond donors (Lipinski definition) is 1. The van der Waals surface area contributed by atoms with Crippen molar-refractivity contribution in [1.82, 2.24) is 20.2 Å². The largest absolute Gasteiger partial charge is 0.356 e. The second-order valence-corrected chi connectivity index (χ2v) is 5.17. The van der Waals surface area contributed by atoms with Crippen LogP contribution in [-0.4, -0.2) is 46.3 Å². The first-order valence-electron chi connectivity index (χ1n) is 6.55.